The lowest BCUT2D eigenvalue weighted by Gasteiger charge is -2.26. The van der Waals surface area contributed by atoms with Crippen LogP contribution < -0.4 is 5.73 Å². The van der Waals surface area contributed by atoms with E-state index in [0.717, 1.165) is 25.1 Å². The molecule has 0 aliphatic carbocycles. The Morgan fingerprint density at radius 1 is 1.24 bits per heavy atom. The van der Waals surface area contributed by atoms with Crippen molar-refractivity contribution in [3.05, 3.63) is 23.4 Å². The molecule has 0 atom stereocenters. The van der Waals surface area contributed by atoms with Gasteiger partial charge in [-0.25, -0.2) is 4.98 Å². The second-order valence-electron chi connectivity index (χ2n) is 5.89. The van der Waals surface area contributed by atoms with E-state index in [-0.39, 0.29) is 11.8 Å². The van der Waals surface area contributed by atoms with E-state index in [9.17, 15) is 4.79 Å². The second-order valence-corrected chi connectivity index (χ2v) is 5.89. The summed E-state index contributed by atoms with van der Waals surface area (Å²) in [5.74, 6) is 1.29. The highest BCUT2D eigenvalue weighted by atomic mass is 16.2. The van der Waals surface area contributed by atoms with E-state index in [0.29, 0.717) is 23.8 Å². The number of aromatic nitrogens is 1. The maximum Gasteiger partial charge on any atom is 0.254 e. The highest BCUT2D eigenvalue weighted by molar-refractivity contribution is 5.95. The number of hydrogen-bond donors (Lipinski definition) is 1. The molecule has 0 aliphatic heterocycles. The fourth-order valence-corrected chi connectivity index (χ4v) is 2.39. The highest BCUT2D eigenvalue weighted by Crippen LogP contribution is 2.18. The Balaban J connectivity index is 2.99. The molecular weight excluding hydrogens is 262 g/mol. The monoisotopic (exact) mass is 291 g/mol. The van der Waals surface area contributed by atoms with Crippen LogP contribution in [0.15, 0.2) is 12.1 Å². The van der Waals surface area contributed by atoms with Crippen molar-refractivity contribution in [3.63, 3.8) is 0 Å². The normalized spacial score (nSPS) is 11.2. The van der Waals surface area contributed by atoms with Crippen LogP contribution in [0.4, 0.5) is 5.82 Å². The van der Waals surface area contributed by atoms with Crippen molar-refractivity contribution in [3.8, 4) is 0 Å². The fraction of sp³-hybridized carbons (Fsp3) is 0.647. The molecule has 0 saturated heterocycles. The molecule has 0 fully saturated rings. The van der Waals surface area contributed by atoms with Gasteiger partial charge in [0.15, 0.2) is 0 Å². The van der Waals surface area contributed by atoms with Crippen LogP contribution in [-0.4, -0.2) is 28.9 Å². The van der Waals surface area contributed by atoms with Crippen LogP contribution in [0.5, 0.6) is 0 Å². The lowest BCUT2D eigenvalue weighted by molar-refractivity contribution is 0.0734. The van der Waals surface area contributed by atoms with Crippen LogP contribution in [0.1, 0.15) is 69.4 Å². The number of carbonyl (C=O) groups excluding carboxylic acids is 1. The van der Waals surface area contributed by atoms with Gasteiger partial charge in [0.05, 0.1) is 0 Å². The van der Waals surface area contributed by atoms with Crippen molar-refractivity contribution >= 4 is 11.7 Å². The van der Waals surface area contributed by atoms with Gasteiger partial charge in [-0.1, -0.05) is 40.5 Å². The molecule has 2 N–H and O–H groups in total. The number of nitrogens with two attached hydrogens (primary N) is 1. The van der Waals surface area contributed by atoms with Crippen molar-refractivity contribution in [1.29, 1.82) is 0 Å². The van der Waals surface area contributed by atoms with E-state index >= 15 is 0 Å². The van der Waals surface area contributed by atoms with Gasteiger partial charge < -0.3 is 10.6 Å². The molecule has 0 spiro atoms. The van der Waals surface area contributed by atoms with Crippen molar-refractivity contribution < 1.29 is 4.79 Å². The molecule has 0 unspecified atom stereocenters. The summed E-state index contributed by atoms with van der Waals surface area (Å²) in [5, 5.41) is 0. The highest BCUT2D eigenvalue weighted by Gasteiger charge is 2.19. The zero-order chi connectivity index (χ0) is 16.0. The number of nitrogen functional groups attached to an aromatic ring is 1. The molecule has 1 rings (SSSR count). The van der Waals surface area contributed by atoms with Gasteiger partial charge in [-0.05, 0) is 30.9 Å². The molecular formula is C17H29N3O. The third kappa shape index (κ3) is 4.73. The third-order valence-corrected chi connectivity index (χ3v) is 4.01. The van der Waals surface area contributed by atoms with Crippen molar-refractivity contribution in [2.45, 2.75) is 53.4 Å². The summed E-state index contributed by atoms with van der Waals surface area (Å²) in [6.07, 6.45) is 2.19. The fourth-order valence-electron chi connectivity index (χ4n) is 2.39. The quantitative estimate of drug-likeness (QED) is 0.833. The predicted molar refractivity (Wildman–Crippen MR) is 88.4 cm³/mol. The van der Waals surface area contributed by atoms with Crippen LogP contribution in [0.2, 0.25) is 0 Å². The Bertz CT molecular complexity index is 467. The average molecular weight is 291 g/mol. The van der Waals surface area contributed by atoms with Gasteiger partial charge in [-0.3, -0.25) is 4.79 Å². The van der Waals surface area contributed by atoms with E-state index in [1.807, 2.05) is 17.9 Å². The summed E-state index contributed by atoms with van der Waals surface area (Å²) in [6, 6.07) is 3.56. The Hall–Kier alpha value is -1.58. The zero-order valence-electron chi connectivity index (χ0n) is 14.0. The number of pyridine rings is 1. The van der Waals surface area contributed by atoms with Crippen molar-refractivity contribution in [1.82, 2.24) is 9.88 Å². The molecule has 4 heteroatoms. The topological polar surface area (TPSA) is 59.2 Å². The summed E-state index contributed by atoms with van der Waals surface area (Å²) < 4.78 is 0. The van der Waals surface area contributed by atoms with Gasteiger partial charge in [0.1, 0.15) is 5.82 Å². The molecule has 0 radical (unpaired) electrons. The molecule has 0 aliphatic rings. The molecule has 0 saturated carbocycles. The number of carbonyl (C=O) groups is 1. The van der Waals surface area contributed by atoms with E-state index < -0.39 is 0 Å². The van der Waals surface area contributed by atoms with E-state index in [1.54, 1.807) is 6.07 Å². The van der Waals surface area contributed by atoms with Gasteiger partial charge in [0, 0.05) is 24.3 Å². The van der Waals surface area contributed by atoms with E-state index in [4.69, 9.17) is 5.73 Å². The number of amides is 1. The minimum atomic E-state index is 0.0559. The first-order chi connectivity index (χ1) is 9.92. The molecule has 21 heavy (non-hydrogen) atoms. The molecule has 1 aromatic heterocycles. The summed E-state index contributed by atoms with van der Waals surface area (Å²) in [6.45, 7) is 12.0. The number of nitrogens with zero attached hydrogens (tertiary/aromatic N) is 2. The molecule has 1 heterocycles. The van der Waals surface area contributed by atoms with Gasteiger partial charge in [-0.15, -0.1) is 0 Å². The molecule has 1 amide bonds. The van der Waals surface area contributed by atoms with Gasteiger partial charge in [-0.2, -0.15) is 0 Å². The van der Waals surface area contributed by atoms with Crippen LogP contribution in [-0.2, 0) is 0 Å². The zero-order valence-corrected chi connectivity index (χ0v) is 14.0. The summed E-state index contributed by atoms with van der Waals surface area (Å²) in [5.41, 5.74) is 7.37. The van der Waals surface area contributed by atoms with E-state index in [1.165, 1.54) is 0 Å². The molecule has 118 valence electrons. The SMILES string of the molecule is CCC(CC)CN(CC)C(=O)c1cc(N)nc(C(C)C)c1. The summed E-state index contributed by atoms with van der Waals surface area (Å²) in [4.78, 5) is 18.9. The Morgan fingerprint density at radius 3 is 2.33 bits per heavy atom. The Morgan fingerprint density at radius 2 is 1.86 bits per heavy atom. The minimum absolute atomic E-state index is 0.0559. The first-order valence-corrected chi connectivity index (χ1v) is 7.99. The van der Waals surface area contributed by atoms with Crippen LogP contribution in [0, 0.1) is 5.92 Å². The largest absolute Gasteiger partial charge is 0.384 e. The lowest BCUT2D eigenvalue weighted by Crippen LogP contribution is -2.35. The number of rotatable bonds is 7. The minimum Gasteiger partial charge on any atom is -0.384 e. The maximum absolute atomic E-state index is 12.7. The van der Waals surface area contributed by atoms with Crippen molar-refractivity contribution in [2.75, 3.05) is 18.8 Å². The maximum atomic E-state index is 12.7. The third-order valence-electron chi connectivity index (χ3n) is 4.01. The summed E-state index contributed by atoms with van der Waals surface area (Å²) in [7, 11) is 0. The first kappa shape index (κ1) is 17.5. The number of anilines is 1. The van der Waals surface area contributed by atoms with Crippen LogP contribution in [0.3, 0.4) is 0 Å². The predicted octanol–water partition coefficient (Wildman–Crippen LogP) is 3.69. The Kier molecular flexibility index (Phi) is 6.66. The van der Waals surface area contributed by atoms with Crippen molar-refractivity contribution in [2.24, 2.45) is 5.92 Å². The van der Waals surface area contributed by atoms with Gasteiger partial charge in [0.25, 0.3) is 5.91 Å². The molecule has 4 nitrogen and oxygen atoms in total. The van der Waals surface area contributed by atoms with Crippen LogP contribution in [0.25, 0.3) is 0 Å². The van der Waals surface area contributed by atoms with E-state index in [2.05, 4.69) is 32.7 Å². The average Bonchev–Trinajstić information content (AvgIpc) is 2.47. The molecule has 1 aromatic rings. The second kappa shape index (κ2) is 8.01. The van der Waals surface area contributed by atoms with Gasteiger partial charge in [0.2, 0.25) is 0 Å². The number of hydrogen-bond acceptors (Lipinski definition) is 3. The van der Waals surface area contributed by atoms with Crippen LogP contribution >= 0.6 is 0 Å². The summed E-state index contributed by atoms with van der Waals surface area (Å²) >= 11 is 0. The van der Waals surface area contributed by atoms with Gasteiger partial charge >= 0.3 is 0 Å². The Labute approximate surface area is 128 Å². The standard InChI is InChI=1S/C17H29N3O/c1-6-13(7-2)11-20(8-3)17(21)14-9-15(12(4)5)19-16(18)10-14/h9-10,12-13H,6-8,11H2,1-5H3,(H2,18,19). The first-order valence-electron chi connectivity index (χ1n) is 7.99. The smallest absolute Gasteiger partial charge is 0.254 e. The molecule has 0 bridgehead atoms. The molecule has 0 aromatic carbocycles. The lowest BCUT2D eigenvalue weighted by atomic mass is 10.0.